The highest BCUT2D eigenvalue weighted by molar-refractivity contribution is 5.95. The summed E-state index contributed by atoms with van der Waals surface area (Å²) in [4.78, 5) is 28.2. The summed E-state index contributed by atoms with van der Waals surface area (Å²) in [6.07, 6.45) is 8.24. The predicted molar refractivity (Wildman–Crippen MR) is 97.2 cm³/mol. The zero-order chi connectivity index (χ0) is 17.2. The molecule has 132 valence electrons. The molecule has 2 atom stereocenters. The van der Waals surface area contributed by atoms with E-state index in [0.29, 0.717) is 24.8 Å². The largest absolute Gasteiger partial charge is 0.334 e. The molecule has 3 aliphatic rings. The Bertz CT molecular complexity index is 684. The van der Waals surface area contributed by atoms with Crippen LogP contribution in [-0.2, 0) is 11.3 Å². The van der Waals surface area contributed by atoms with Crippen molar-refractivity contribution in [1.82, 2.24) is 10.2 Å². The Morgan fingerprint density at radius 2 is 1.92 bits per heavy atom. The highest BCUT2D eigenvalue weighted by atomic mass is 16.2. The lowest BCUT2D eigenvalue weighted by Crippen LogP contribution is -2.38. The molecule has 0 spiro atoms. The minimum atomic E-state index is 0.0250. The van der Waals surface area contributed by atoms with Gasteiger partial charge in [-0.2, -0.15) is 0 Å². The maximum Gasteiger partial charge on any atom is 0.317 e. The predicted octanol–water partition coefficient (Wildman–Crippen LogP) is 2.92. The smallest absolute Gasteiger partial charge is 0.317 e. The first kappa shape index (κ1) is 16.2. The molecule has 0 bridgehead atoms. The van der Waals surface area contributed by atoms with Crippen LogP contribution in [0.25, 0.3) is 0 Å². The van der Waals surface area contributed by atoms with Crippen LogP contribution in [0.4, 0.5) is 10.5 Å². The van der Waals surface area contributed by atoms with Gasteiger partial charge in [0.05, 0.1) is 0 Å². The molecule has 3 amide bonds. The summed E-state index contributed by atoms with van der Waals surface area (Å²) < 4.78 is 0. The standard InChI is InChI=1S/C20H25N3O2/c24-19-9-4-10-23(19)18-8-3-5-15(11-18)12-21-20(25)22-13-16-6-1-2-7-17(16)14-22/h1-3,5,8,11,16-17H,4,6-7,9-10,12-14H2,(H,21,25)/t16-,17+. The van der Waals surface area contributed by atoms with Crippen molar-refractivity contribution in [3.63, 3.8) is 0 Å². The number of carbonyl (C=O) groups is 2. The van der Waals surface area contributed by atoms with Crippen molar-refractivity contribution in [2.45, 2.75) is 32.2 Å². The average molecular weight is 339 g/mol. The van der Waals surface area contributed by atoms with Crippen LogP contribution in [0, 0.1) is 11.8 Å². The van der Waals surface area contributed by atoms with Crippen LogP contribution < -0.4 is 10.2 Å². The number of nitrogens with one attached hydrogen (secondary N) is 1. The second-order valence-corrected chi connectivity index (χ2v) is 7.35. The number of likely N-dealkylation sites (tertiary alicyclic amines) is 1. The van der Waals surface area contributed by atoms with E-state index in [1.807, 2.05) is 34.1 Å². The third-order valence-electron chi connectivity index (χ3n) is 5.65. The molecule has 0 unspecified atom stereocenters. The van der Waals surface area contributed by atoms with Gasteiger partial charge in [-0.05, 0) is 48.8 Å². The Hall–Kier alpha value is -2.30. The summed E-state index contributed by atoms with van der Waals surface area (Å²) in [5.74, 6) is 1.44. The van der Waals surface area contributed by atoms with Gasteiger partial charge in [0.15, 0.2) is 0 Å². The number of urea groups is 1. The molecule has 2 aliphatic heterocycles. The monoisotopic (exact) mass is 339 g/mol. The summed E-state index contributed by atoms with van der Waals surface area (Å²) in [5.41, 5.74) is 1.97. The molecule has 2 heterocycles. The van der Waals surface area contributed by atoms with Crippen molar-refractivity contribution in [2.75, 3.05) is 24.5 Å². The van der Waals surface area contributed by atoms with Crippen molar-refractivity contribution in [3.05, 3.63) is 42.0 Å². The molecule has 25 heavy (non-hydrogen) atoms. The lowest BCUT2D eigenvalue weighted by atomic mass is 9.86. The Morgan fingerprint density at radius 3 is 2.60 bits per heavy atom. The van der Waals surface area contributed by atoms with Crippen LogP contribution in [0.3, 0.4) is 0 Å². The zero-order valence-corrected chi connectivity index (χ0v) is 14.5. The van der Waals surface area contributed by atoms with Gasteiger partial charge in [0, 0.05) is 38.3 Å². The third-order valence-corrected chi connectivity index (χ3v) is 5.65. The van der Waals surface area contributed by atoms with Crippen LogP contribution in [0.15, 0.2) is 36.4 Å². The number of hydrogen-bond acceptors (Lipinski definition) is 2. The summed E-state index contributed by atoms with van der Waals surface area (Å²) in [6, 6.07) is 7.96. The fourth-order valence-electron chi connectivity index (χ4n) is 4.23. The van der Waals surface area contributed by atoms with Gasteiger partial charge < -0.3 is 15.1 Å². The van der Waals surface area contributed by atoms with E-state index in [4.69, 9.17) is 0 Å². The zero-order valence-electron chi connectivity index (χ0n) is 14.5. The minimum absolute atomic E-state index is 0.0250. The Labute approximate surface area is 148 Å². The lowest BCUT2D eigenvalue weighted by Gasteiger charge is -2.19. The normalized spacial score (nSPS) is 25.4. The molecule has 0 radical (unpaired) electrons. The number of amides is 3. The number of hydrogen-bond donors (Lipinski definition) is 1. The van der Waals surface area contributed by atoms with Gasteiger partial charge >= 0.3 is 6.03 Å². The molecule has 1 aliphatic carbocycles. The van der Waals surface area contributed by atoms with Crippen LogP contribution >= 0.6 is 0 Å². The van der Waals surface area contributed by atoms with E-state index in [9.17, 15) is 9.59 Å². The van der Waals surface area contributed by atoms with Crippen LogP contribution in [0.2, 0.25) is 0 Å². The highest BCUT2D eigenvalue weighted by Crippen LogP contribution is 2.32. The molecule has 2 saturated heterocycles. The summed E-state index contributed by atoms with van der Waals surface area (Å²) in [6.45, 7) is 3.02. The Balaban J connectivity index is 1.34. The van der Waals surface area contributed by atoms with Crippen molar-refractivity contribution in [2.24, 2.45) is 11.8 Å². The molecule has 1 aromatic rings. The molecule has 1 aromatic carbocycles. The van der Waals surface area contributed by atoms with Gasteiger partial charge in [0.25, 0.3) is 0 Å². The quantitative estimate of drug-likeness (QED) is 0.861. The number of allylic oxidation sites excluding steroid dienone is 2. The summed E-state index contributed by atoms with van der Waals surface area (Å²) in [5, 5.41) is 3.04. The maximum atomic E-state index is 12.5. The van der Waals surface area contributed by atoms with E-state index >= 15 is 0 Å². The van der Waals surface area contributed by atoms with Crippen molar-refractivity contribution in [3.8, 4) is 0 Å². The first-order valence-corrected chi connectivity index (χ1v) is 9.28. The molecular formula is C20H25N3O2. The van der Waals surface area contributed by atoms with Gasteiger partial charge in [0.1, 0.15) is 0 Å². The van der Waals surface area contributed by atoms with E-state index in [0.717, 1.165) is 50.1 Å². The van der Waals surface area contributed by atoms with Crippen LogP contribution in [0.5, 0.6) is 0 Å². The summed E-state index contributed by atoms with van der Waals surface area (Å²) >= 11 is 0. The summed E-state index contributed by atoms with van der Waals surface area (Å²) in [7, 11) is 0. The molecular weight excluding hydrogens is 314 g/mol. The molecule has 1 N–H and O–H groups in total. The molecule has 4 rings (SSSR count). The lowest BCUT2D eigenvalue weighted by molar-refractivity contribution is -0.117. The topological polar surface area (TPSA) is 52.7 Å². The van der Waals surface area contributed by atoms with Gasteiger partial charge in [-0.3, -0.25) is 4.79 Å². The number of fused-ring (bicyclic) bond motifs is 1. The average Bonchev–Trinajstić information content (AvgIpc) is 3.26. The van der Waals surface area contributed by atoms with Gasteiger partial charge in [0.2, 0.25) is 5.91 Å². The molecule has 5 nitrogen and oxygen atoms in total. The highest BCUT2D eigenvalue weighted by Gasteiger charge is 2.34. The number of rotatable bonds is 3. The van der Waals surface area contributed by atoms with E-state index in [1.165, 1.54) is 0 Å². The fourth-order valence-corrected chi connectivity index (χ4v) is 4.23. The van der Waals surface area contributed by atoms with Gasteiger partial charge in [-0.1, -0.05) is 24.3 Å². The maximum absolute atomic E-state index is 12.5. The molecule has 0 aromatic heterocycles. The minimum Gasteiger partial charge on any atom is -0.334 e. The van der Waals surface area contributed by atoms with E-state index in [1.54, 1.807) is 0 Å². The van der Waals surface area contributed by atoms with E-state index in [2.05, 4.69) is 17.5 Å². The van der Waals surface area contributed by atoms with Crippen LogP contribution in [0.1, 0.15) is 31.2 Å². The molecule has 5 heteroatoms. The number of nitrogens with zero attached hydrogens (tertiary/aromatic N) is 2. The number of benzene rings is 1. The Kier molecular flexibility index (Phi) is 4.47. The van der Waals surface area contributed by atoms with Crippen molar-refractivity contribution < 1.29 is 9.59 Å². The van der Waals surface area contributed by atoms with E-state index < -0.39 is 0 Å². The molecule has 2 fully saturated rings. The van der Waals surface area contributed by atoms with Gasteiger partial charge in [-0.15, -0.1) is 0 Å². The Morgan fingerprint density at radius 1 is 1.16 bits per heavy atom. The first-order chi connectivity index (χ1) is 12.2. The number of carbonyl (C=O) groups excluding carboxylic acids is 2. The second-order valence-electron chi connectivity index (χ2n) is 7.35. The number of anilines is 1. The third kappa shape index (κ3) is 3.41. The fraction of sp³-hybridized carbons (Fsp3) is 0.500. The van der Waals surface area contributed by atoms with Crippen molar-refractivity contribution in [1.29, 1.82) is 0 Å². The van der Waals surface area contributed by atoms with Crippen LogP contribution in [-0.4, -0.2) is 36.5 Å². The molecule has 0 saturated carbocycles. The second kappa shape index (κ2) is 6.90. The SMILES string of the molecule is O=C(NCc1cccc(N2CCCC2=O)c1)N1C[C@H]2CC=CC[C@H]2C1. The first-order valence-electron chi connectivity index (χ1n) is 9.28. The van der Waals surface area contributed by atoms with Crippen molar-refractivity contribution >= 4 is 17.6 Å². The van der Waals surface area contributed by atoms with E-state index in [-0.39, 0.29) is 11.9 Å². The van der Waals surface area contributed by atoms with Gasteiger partial charge in [-0.25, -0.2) is 4.79 Å².